The third kappa shape index (κ3) is 13.0. The van der Waals surface area contributed by atoms with Crippen LogP contribution in [0.1, 0.15) is 96.8 Å². The third-order valence-corrected chi connectivity index (χ3v) is 11.5. The molecule has 13 nitrogen and oxygen atoms in total. The van der Waals surface area contributed by atoms with Crippen molar-refractivity contribution in [3.05, 3.63) is 89.5 Å². The quantitative estimate of drug-likeness (QED) is 0.244. The number of anilines is 2. The highest BCUT2D eigenvalue weighted by atomic mass is 32.2. The topological polar surface area (TPSA) is 152 Å². The van der Waals surface area contributed by atoms with E-state index in [1.807, 2.05) is 69.0 Å². The van der Waals surface area contributed by atoms with Crippen molar-refractivity contribution in [3.63, 3.8) is 0 Å². The van der Waals surface area contributed by atoms with Gasteiger partial charge in [0, 0.05) is 43.9 Å². The number of ether oxygens (including phenoxy) is 2. The minimum absolute atomic E-state index is 0.0231. The van der Waals surface area contributed by atoms with Crippen molar-refractivity contribution in [2.24, 2.45) is 0 Å². The fourth-order valence-electron chi connectivity index (χ4n) is 7.33. The van der Waals surface area contributed by atoms with E-state index in [1.54, 1.807) is 42.7 Å². The van der Waals surface area contributed by atoms with Crippen LogP contribution in [0.15, 0.2) is 77.7 Å². The average molecular weight is 833 g/mol. The molecule has 0 saturated carbocycles. The second kappa shape index (κ2) is 19.4. The average Bonchev–Trinajstić information content (AvgIpc) is 3.85. The maximum absolute atomic E-state index is 12.4. The van der Waals surface area contributed by atoms with Gasteiger partial charge in [0.15, 0.2) is 0 Å². The standard InChI is InChI=1S/C19H26N2O3.C17H25NO5S.C9H9NO/c1-19(2,3)24-18(23)20-12-6-8-15(20)13-21-16-9-5-4-7-14(16)10-11-17(21)22;1-13-7-9-15(10-8-13)24(20,21)22-12-14-6-5-11-18(14)16(19)23-17(2,3)4;11-9-6-5-7-3-1-2-4-8(7)10-9/h4-5,7,9,15H,6,8,10-13H2,1-3H3;7-10,14H,5-6,11-12H2,1-4H3;1-4H,5-6H2,(H,10,11)/t15-;14-;/m00./s1. The largest absolute Gasteiger partial charge is 0.444 e. The maximum Gasteiger partial charge on any atom is 0.410 e. The van der Waals surface area contributed by atoms with Crippen molar-refractivity contribution >= 4 is 45.5 Å². The lowest BCUT2D eigenvalue weighted by molar-refractivity contribution is -0.119. The van der Waals surface area contributed by atoms with Gasteiger partial charge < -0.3 is 29.5 Å². The molecule has 320 valence electrons. The Morgan fingerprint density at radius 3 is 1.88 bits per heavy atom. The van der Waals surface area contributed by atoms with E-state index in [0.29, 0.717) is 38.9 Å². The Kier molecular flexibility index (Phi) is 14.9. The molecule has 4 aliphatic heterocycles. The molecule has 0 bridgehead atoms. The smallest absolute Gasteiger partial charge is 0.410 e. The van der Waals surface area contributed by atoms with Gasteiger partial charge in [0.1, 0.15) is 11.2 Å². The Morgan fingerprint density at radius 2 is 1.25 bits per heavy atom. The Morgan fingerprint density at radius 1 is 0.712 bits per heavy atom. The van der Waals surface area contributed by atoms with Gasteiger partial charge in [-0.25, -0.2) is 9.59 Å². The molecule has 0 spiro atoms. The Labute approximate surface area is 349 Å². The van der Waals surface area contributed by atoms with Crippen LogP contribution in [0.4, 0.5) is 21.0 Å². The fraction of sp³-hybridized carbons (Fsp3) is 0.511. The fourth-order valence-corrected chi connectivity index (χ4v) is 8.27. The summed E-state index contributed by atoms with van der Waals surface area (Å²) in [4.78, 5) is 53.3. The summed E-state index contributed by atoms with van der Waals surface area (Å²) in [6, 6.07) is 22.2. The summed E-state index contributed by atoms with van der Waals surface area (Å²) in [5.74, 6) is 0.272. The molecule has 3 aromatic rings. The van der Waals surface area contributed by atoms with Crippen molar-refractivity contribution in [1.82, 2.24) is 9.80 Å². The van der Waals surface area contributed by atoms with Gasteiger partial charge in [-0.3, -0.25) is 13.8 Å². The second-order valence-electron chi connectivity index (χ2n) is 17.3. The lowest BCUT2D eigenvalue weighted by atomic mass is 10.0. The summed E-state index contributed by atoms with van der Waals surface area (Å²) in [7, 11) is -3.83. The van der Waals surface area contributed by atoms with Crippen molar-refractivity contribution in [3.8, 4) is 0 Å². The van der Waals surface area contributed by atoms with Gasteiger partial charge in [0.05, 0.1) is 23.6 Å². The Hall–Kier alpha value is -4.95. The number of amides is 4. The number of aryl methyl sites for hydroxylation is 3. The molecule has 59 heavy (non-hydrogen) atoms. The van der Waals surface area contributed by atoms with Crippen LogP contribution in [0.25, 0.3) is 0 Å². The van der Waals surface area contributed by atoms with Gasteiger partial charge in [-0.05, 0) is 122 Å². The second-order valence-corrected chi connectivity index (χ2v) is 18.9. The molecule has 14 heteroatoms. The summed E-state index contributed by atoms with van der Waals surface area (Å²) in [5, 5.41) is 2.82. The molecule has 0 aromatic heterocycles. The lowest BCUT2D eigenvalue weighted by Crippen LogP contribution is -2.48. The summed E-state index contributed by atoms with van der Waals surface area (Å²) < 4.78 is 40.6. The van der Waals surface area contributed by atoms with E-state index in [0.717, 1.165) is 49.0 Å². The van der Waals surface area contributed by atoms with Crippen molar-refractivity contribution in [1.29, 1.82) is 0 Å². The van der Waals surface area contributed by atoms with Crippen LogP contribution in [0, 0.1) is 6.92 Å². The molecule has 7 rings (SSSR count). The summed E-state index contributed by atoms with van der Waals surface area (Å²) in [6.07, 6.45) is 5.49. The SMILES string of the molecule is CC(C)(C)OC(=O)N1CCC[C@H]1CN1C(=O)CCc2ccccc21.Cc1ccc(S(=O)(=O)OC[C@@H]2CCCN2C(=O)OC(C)(C)C)cc1.O=C1CCc2ccccc2N1. The van der Waals surface area contributed by atoms with Crippen LogP contribution in [0.5, 0.6) is 0 Å². The minimum Gasteiger partial charge on any atom is -0.444 e. The molecule has 0 radical (unpaired) electrons. The van der Waals surface area contributed by atoms with Crippen molar-refractivity contribution in [2.75, 3.05) is 36.5 Å². The Bertz CT molecular complexity index is 2060. The van der Waals surface area contributed by atoms with Crippen LogP contribution in [0.3, 0.4) is 0 Å². The maximum atomic E-state index is 12.4. The number of para-hydroxylation sites is 2. The van der Waals surface area contributed by atoms with Gasteiger partial charge in [0.2, 0.25) is 11.8 Å². The highest BCUT2D eigenvalue weighted by Crippen LogP contribution is 2.31. The number of carbonyl (C=O) groups excluding carboxylic acids is 4. The molecule has 2 saturated heterocycles. The zero-order valence-corrected chi connectivity index (χ0v) is 36.3. The first-order chi connectivity index (χ1) is 27.8. The third-order valence-electron chi connectivity index (χ3n) is 10.2. The zero-order valence-electron chi connectivity index (χ0n) is 35.5. The van der Waals surface area contributed by atoms with Gasteiger partial charge >= 0.3 is 12.2 Å². The predicted octanol–water partition coefficient (Wildman–Crippen LogP) is 8.04. The molecular weight excluding hydrogens is 773 g/mol. The molecule has 4 aliphatic rings. The number of hydrogen-bond donors (Lipinski definition) is 1. The van der Waals surface area contributed by atoms with Gasteiger partial charge in [0.25, 0.3) is 10.1 Å². The van der Waals surface area contributed by atoms with E-state index in [1.165, 1.54) is 23.3 Å². The molecule has 3 aromatic carbocycles. The first kappa shape index (κ1) is 45.1. The summed E-state index contributed by atoms with van der Waals surface area (Å²) >= 11 is 0. The van der Waals surface area contributed by atoms with E-state index in [9.17, 15) is 27.6 Å². The monoisotopic (exact) mass is 832 g/mol. The number of nitrogens with zero attached hydrogens (tertiary/aromatic N) is 3. The van der Waals surface area contributed by atoms with Crippen molar-refractivity contribution in [2.45, 2.75) is 128 Å². The minimum atomic E-state index is -3.83. The van der Waals surface area contributed by atoms with Gasteiger partial charge in [-0.2, -0.15) is 8.42 Å². The van der Waals surface area contributed by atoms with Crippen LogP contribution < -0.4 is 10.2 Å². The highest BCUT2D eigenvalue weighted by molar-refractivity contribution is 7.86. The van der Waals surface area contributed by atoms with Crippen LogP contribution in [-0.2, 0) is 46.2 Å². The van der Waals surface area contributed by atoms with Crippen LogP contribution >= 0.6 is 0 Å². The van der Waals surface area contributed by atoms with E-state index >= 15 is 0 Å². The number of rotatable bonds is 6. The van der Waals surface area contributed by atoms with Crippen LogP contribution in [0.2, 0.25) is 0 Å². The molecule has 4 amide bonds. The van der Waals surface area contributed by atoms with E-state index in [-0.39, 0.29) is 41.5 Å². The number of likely N-dealkylation sites (tertiary alicyclic amines) is 2. The van der Waals surface area contributed by atoms with E-state index in [2.05, 4.69) is 17.4 Å². The van der Waals surface area contributed by atoms with E-state index in [4.69, 9.17) is 13.7 Å². The normalized spacial score (nSPS) is 19.0. The molecule has 2 fully saturated rings. The van der Waals surface area contributed by atoms with Crippen LogP contribution in [-0.4, -0.2) is 91.7 Å². The first-order valence-electron chi connectivity index (χ1n) is 20.5. The zero-order chi connectivity index (χ0) is 43.0. The summed E-state index contributed by atoms with van der Waals surface area (Å²) in [5.41, 5.74) is 4.30. The number of nitrogens with one attached hydrogen (secondary N) is 1. The van der Waals surface area contributed by atoms with E-state index < -0.39 is 27.4 Å². The van der Waals surface area contributed by atoms with Gasteiger partial charge in [-0.15, -0.1) is 0 Å². The highest BCUT2D eigenvalue weighted by Gasteiger charge is 2.36. The molecule has 0 aliphatic carbocycles. The lowest BCUT2D eigenvalue weighted by Gasteiger charge is -2.35. The molecule has 4 heterocycles. The number of carbonyl (C=O) groups is 4. The molecule has 2 atom stereocenters. The number of hydrogen-bond acceptors (Lipinski definition) is 9. The Balaban J connectivity index is 0.000000179. The summed E-state index contributed by atoms with van der Waals surface area (Å²) in [6.45, 7) is 14.6. The van der Waals surface area contributed by atoms with Gasteiger partial charge in [-0.1, -0.05) is 54.1 Å². The number of benzene rings is 3. The number of fused-ring (bicyclic) bond motifs is 2. The molecular formula is C45H60N4O9S. The predicted molar refractivity (Wildman–Crippen MR) is 227 cm³/mol. The van der Waals surface area contributed by atoms with Crippen molar-refractivity contribution < 1.29 is 41.3 Å². The molecule has 0 unspecified atom stereocenters. The molecule has 1 N–H and O–H groups in total. The first-order valence-corrected chi connectivity index (χ1v) is 21.9.